The van der Waals surface area contributed by atoms with E-state index in [4.69, 9.17) is 15.6 Å². The molecule has 204 valence electrons. The summed E-state index contributed by atoms with van der Waals surface area (Å²) in [6.45, 7) is 0.0429. The number of halogens is 5. The van der Waals surface area contributed by atoms with Crippen molar-refractivity contribution in [3.63, 3.8) is 0 Å². The number of hydrogen-bond acceptors (Lipinski definition) is 6. The molecule has 38 heavy (non-hydrogen) atoms. The molecule has 10 nitrogen and oxygen atoms in total. The summed E-state index contributed by atoms with van der Waals surface area (Å²) in [5.41, 5.74) is 6.33. The number of anilines is 2. The smallest absolute Gasteiger partial charge is 0.475 e. The summed E-state index contributed by atoms with van der Waals surface area (Å²) in [4.78, 5) is 38.3. The zero-order valence-corrected chi connectivity index (χ0v) is 20.5. The first-order valence-electron chi connectivity index (χ1n) is 10.7. The number of fused-ring (bicyclic) bond motifs is 1. The minimum absolute atomic E-state index is 0.133. The molecule has 3 heterocycles. The van der Waals surface area contributed by atoms with Gasteiger partial charge in [-0.2, -0.15) is 27.1 Å². The number of nitrogens with two attached hydrogens (primary N) is 1. The Morgan fingerprint density at radius 3 is 2.42 bits per heavy atom. The minimum atomic E-state index is -5.08. The largest absolute Gasteiger partial charge is 0.490 e. The van der Waals surface area contributed by atoms with Gasteiger partial charge in [0.05, 0.1) is 18.8 Å². The summed E-state index contributed by atoms with van der Waals surface area (Å²) in [6.07, 6.45) is -5.68. The van der Waals surface area contributed by atoms with Gasteiger partial charge in [0.1, 0.15) is 11.3 Å². The van der Waals surface area contributed by atoms with Gasteiger partial charge in [-0.05, 0) is 23.8 Å². The van der Waals surface area contributed by atoms with Crippen LogP contribution in [0.1, 0.15) is 10.4 Å². The Kier molecular flexibility index (Phi) is 8.67. The number of aromatic nitrogens is 3. The second kappa shape index (κ2) is 11.6. The van der Waals surface area contributed by atoms with Crippen molar-refractivity contribution in [3.05, 3.63) is 75.3 Å². The highest BCUT2D eigenvalue weighted by molar-refractivity contribution is 7.16. The van der Waals surface area contributed by atoms with Crippen molar-refractivity contribution in [1.29, 1.82) is 0 Å². The number of rotatable bonds is 6. The van der Waals surface area contributed by atoms with Gasteiger partial charge in [-0.1, -0.05) is 18.2 Å². The molecular formula is C22H21F5N6O4S. The molecule has 0 spiro atoms. The van der Waals surface area contributed by atoms with E-state index >= 15 is 0 Å². The lowest BCUT2D eigenvalue weighted by Crippen LogP contribution is -2.42. The number of thiophene rings is 1. The van der Waals surface area contributed by atoms with Crippen LogP contribution in [-0.2, 0) is 24.4 Å². The van der Waals surface area contributed by atoms with Crippen molar-refractivity contribution in [2.24, 2.45) is 5.73 Å². The highest BCUT2D eigenvalue weighted by atomic mass is 32.1. The van der Waals surface area contributed by atoms with Gasteiger partial charge in [-0.15, -0.1) is 11.3 Å². The van der Waals surface area contributed by atoms with E-state index in [0.717, 1.165) is 25.8 Å². The summed E-state index contributed by atoms with van der Waals surface area (Å²) in [7, 11) is 1.75. The Morgan fingerprint density at radius 1 is 1.16 bits per heavy atom. The zero-order chi connectivity index (χ0) is 28.2. The standard InChI is InChI=1S/C20H20F2N6O2S.C2HF3O2/c1-25-9-13-4-2-3-5-16(13)28(19(25)29)17-7-6-15(31-17)11-26-12-24-27(20(26)30)10-14(8-23)18(21)22;3-2(4,5)1(6)7/h2-7,12H,8-11,23H2,1H3;(H,6,7). The average molecular weight is 561 g/mol. The molecule has 16 heteroatoms. The number of amides is 2. The van der Waals surface area contributed by atoms with Crippen molar-refractivity contribution in [2.45, 2.75) is 25.8 Å². The highest BCUT2D eigenvalue weighted by Gasteiger charge is 2.38. The quantitative estimate of drug-likeness (QED) is 0.444. The molecule has 3 aromatic rings. The van der Waals surface area contributed by atoms with Crippen molar-refractivity contribution < 1.29 is 36.6 Å². The van der Waals surface area contributed by atoms with Crippen molar-refractivity contribution in [3.8, 4) is 0 Å². The number of carboxylic acids is 1. The molecule has 0 saturated carbocycles. The van der Waals surface area contributed by atoms with E-state index in [1.54, 1.807) is 16.8 Å². The molecule has 1 aliphatic heterocycles. The number of nitrogens with zero attached hydrogens (tertiary/aromatic N) is 5. The van der Waals surface area contributed by atoms with Crippen LogP contribution in [0.3, 0.4) is 0 Å². The molecule has 2 amide bonds. The van der Waals surface area contributed by atoms with Crippen LogP contribution in [0, 0.1) is 0 Å². The Bertz CT molecular complexity index is 1410. The van der Waals surface area contributed by atoms with Crippen LogP contribution >= 0.6 is 11.3 Å². The molecule has 4 rings (SSSR count). The van der Waals surface area contributed by atoms with E-state index in [1.165, 1.54) is 22.2 Å². The number of carbonyl (C=O) groups excluding carboxylic acids is 1. The third kappa shape index (κ3) is 6.44. The number of carboxylic acid groups (broad SMARTS) is 1. The van der Waals surface area contributed by atoms with E-state index < -0.39 is 23.9 Å². The maximum Gasteiger partial charge on any atom is 0.490 e. The summed E-state index contributed by atoms with van der Waals surface area (Å²) in [5, 5.41) is 11.8. The summed E-state index contributed by atoms with van der Waals surface area (Å²) in [5.74, 6) is -2.76. The van der Waals surface area contributed by atoms with Gasteiger partial charge >= 0.3 is 23.9 Å². The predicted octanol–water partition coefficient (Wildman–Crippen LogP) is 3.60. The second-order valence-electron chi connectivity index (χ2n) is 7.91. The normalized spacial score (nSPS) is 13.1. The summed E-state index contributed by atoms with van der Waals surface area (Å²) >= 11 is 1.38. The number of carbonyl (C=O) groups is 2. The zero-order valence-electron chi connectivity index (χ0n) is 19.7. The van der Waals surface area contributed by atoms with Gasteiger partial charge in [-0.3, -0.25) is 9.47 Å². The van der Waals surface area contributed by atoms with E-state index in [9.17, 15) is 31.5 Å². The highest BCUT2D eigenvalue weighted by Crippen LogP contribution is 2.38. The first kappa shape index (κ1) is 28.5. The van der Waals surface area contributed by atoms with Gasteiger partial charge in [0.15, 0.2) is 0 Å². The predicted molar refractivity (Wildman–Crippen MR) is 127 cm³/mol. The number of urea groups is 1. The van der Waals surface area contributed by atoms with Crippen LogP contribution in [0.2, 0.25) is 0 Å². The maximum absolute atomic E-state index is 12.8. The molecule has 1 aromatic carbocycles. The number of alkyl halides is 3. The van der Waals surface area contributed by atoms with E-state index in [0.29, 0.717) is 6.54 Å². The summed E-state index contributed by atoms with van der Waals surface area (Å²) in [6, 6.07) is 11.2. The maximum atomic E-state index is 12.8. The van der Waals surface area contributed by atoms with Crippen LogP contribution in [-0.4, -0.2) is 56.1 Å². The molecule has 0 unspecified atom stereocenters. The third-order valence-electron chi connectivity index (χ3n) is 5.25. The van der Waals surface area contributed by atoms with Crippen LogP contribution in [0.15, 0.2) is 59.2 Å². The molecule has 0 fully saturated rings. The van der Waals surface area contributed by atoms with Crippen molar-refractivity contribution in [2.75, 3.05) is 18.5 Å². The van der Waals surface area contributed by atoms with E-state index in [2.05, 4.69) is 5.10 Å². The minimum Gasteiger partial charge on any atom is -0.475 e. The molecular weight excluding hydrogens is 539 g/mol. The van der Waals surface area contributed by atoms with E-state index in [1.807, 2.05) is 36.4 Å². The lowest BCUT2D eigenvalue weighted by atomic mass is 10.1. The molecule has 0 saturated heterocycles. The number of aliphatic carboxylic acids is 1. The fourth-order valence-corrected chi connectivity index (χ4v) is 4.40. The molecule has 0 atom stereocenters. The Balaban J connectivity index is 0.000000505. The molecule has 2 aromatic heterocycles. The first-order chi connectivity index (χ1) is 17.8. The van der Waals surface area contributed by atoms with Crippen molar-refractivity contribution in [1.82, 2.24) is 19.2 Å². The number of benzene rings is 1. The van der Waals surface area contributed by atoms with E-state index in [-0.39, 0.29) is 31.2 Å². The van der Waals surface area contributed by atoms with Crippen LogP contribution in [0.25, 0.3) is 0 Å². The number of para-hydroxylation sites is 1. The van der Waals surface area contributed by atoms with Crippen LogP contribution < -0.4 is 16.3 Å². The Morgan fingerprint density at radius 2 is 1.82 bits per heavy atom. The van der Waals surface area contributed by atoms with Gasteiger partial charge < -0.3 is 15.7 Å². The molecule has 1 aliphatic rings. The molecule has 0 bridgehead atoms. The third-order valence-corrected chi connectivity index (χ3v) is 6.30. The van der Waals surface area contributed by atoms with Crippen LogP contribution in [0.4, 0.5) is 37.4 Å². The topological polar surface area (TPSA) is 127 Å². The van der Waals surface area contributed by atoms with Gasteiger partial charge in [0.2, 0.25) is 0 Å². The van der Waals surface area contributed by atoms with Gasteiger partial charge in [-0.25, -0.2) is 19.1 Å². The lowest BCUT2D eigenvalue weighted by molar-refractivity contribution is -0.192. The number of hydrogen-bond donors (Lipinski definition) is 2. The van der Waals surface area contributed by atoms with Crippen LogP contribution in [0.5, 0.6) is 0 Å². The molecule has 0 radical (unpaired) electrons. The second-order valence-corrected chi connectivity index (χ2v) is 9.06. The SMILES string of the molecule is CN1Cc2ccccc2N(c2ccc(Cn3cnn(CC(CN)=C(F)F)c3=O)s2)C1=O.O=C(O)C(F)(F)F. The van der Waals surface area contributed by atoms with Gasteiger partial charge in [0, 0.05) is 30.6 Å². The molecule has 3 N–H and O–H groups in total. The fraction of sp³-hybridized carbons (Fsp3) is 0.273. The van der Waals surface area contributed by atoms with Gasteiger partial charge in [0.25, 0.3) is 6.08 Å². The Labute approximate surface area is 215 Å². The fourth-order valence-electron chi connectivity index (χ4n) is 3.38. The Hall–Kier alpha value is -4.05. The average Bonchev–Trinajstić information content (AvgIpc) is 3.44. The first-order valence-corrected chi connectivity index (χ1v) is 11.5. The van der Waals surface area contributed by atoms with Crippen molar-refractivity contribution >= 4 is 34.0 Å². The lowest BCUT2D eigenvalue weighted by Gasteiger charge is -2.34. The summed E-state index contributed by atoms with van der Waals surface area (Å²) < 4.78 is 59.7. The monoisotopic (exact) mass is 560 g/mol. The molecule has 0 aliphatic carbocycles.